The Morgan fingerprint density at radius 2 is 1.79 bits per heavy atom. The number of halogens is 1. The molecule has 0 saturated heterocycles. The van der Waals surface area contributed by atoms with Crippen molar-refractivity contribution in [3.8, 4) is 11.1 Å². The van der Waals surface area contributed by atoms with Gasteiger partial charge in [-0.25, -0.2) is 4.39 Å². The largest absolute Gasteiger partial charge is 0.480 e. The number of benzene rings is 2. The summed E-state index contributed by atoms with van der Waals surface area (Å²) in [5.41, 5.74) is 3.33. The van der Waals surface area contributed by atoms with E-state index in [2.05, 4.69) is 4.98 Å². The van der Waals surface area contributed by atoms with Crippen molar-refractivity contribution < 1.29 is 14.3 Å². The predicted octanol–water partition coefficient (Wildman–Crippen LogP) is 4.60. The third kappa shape index (κ3) is 3.57. The third-order valence-electron chi connectivity index (χ3n) is 5.90. The predicted molar refractivity (Wildman–Crippen MR) is 125 cm³/mol. The number of hydrogen-bond acceptors (Lipinski definition) is 3. The molecule has 0 unspecified atom stereocenters. The van der Waals surface area contributed by atoms with Crippen molar-refractivity contribution in [3.05, 3.63) is 101 Å². The Bertz CT molecular complexity index is 1590. The first-order chi connectivity index (χ1) is 15.9. The second-order valence-corrected chi connectivity index (χ2v) is 7.94. The fraction of sp³-hybridized carbons (Fsp3) is 0.115. The van der Waals surface area contributed by atoms with Crippen molar-refractivity contribution >= 4 is 27.6 Å². The van der Waals surface area contributed by atoms with E-state index >= 15 is 0 Å². The number of pyridine rings is 2. The molecule has 3 aromatic heterocycles. The highest BCUT2D eigenvalue weighted by atomic mass is 19.1. The molecular weight excluding hydrogens is 421 g/mol. The van der Waals surface area contributed by atoms with Crippen LogP contribution < -0.4 is 5.56 Å². The molecule has 164 valence electrons. The summed E-state index contributed by atoms with van der Waals surface area (Å²) in [7, 11) is 0. The Balaban J connectivity index is 1.85. The Morgan fingerprint density at radius 1 is 1.03 bits per heavy atom. The van der Waals surface area contributed by atoms with Gasteiger partial charge in [0.25, 0.3) is 5.56 Å². The second-order valence-electron chi connectivity index (χ2n) is 7.94. The van der Waals surface area contributed by atoms with Crippen LogP contribution in [0.25, 0.3) is 32.8 Å². The van der Waals surface area contributed by atoms with Gasteiger partial charge < -0.3 is 14.2 Å². The summed E-state index contributed by atoms with van der Waals surface area (Å²) in [6.07, 6.45) is 3.44. The quantitative estimate of drug-likeness (QED) is 0.433. The zero-order chi connectivity index (χ0) is 23.1. The number of aliphatic carboxylic acids is 1. The number of aromatic nitrogens is 3. The fourth-order valence-electron chi connectivity index (χ4n) is 4.46. The lowest BCUT2D eigenvalue weighted by molar-refractivity contribution is -0.137. The summed E-state index contributed by atoms with van der Waals surface area (Å²) in [4.78, 5) is 29.1. The van der Waals surface area contributed by atoms with E-state index in [0.717, 1.165) is 16.6 Å². The zero-order valence-electron chi connectivity index (χ0n) is 17.8. The number of nitrogens with zero attached hydrogens (tertiary/aromatic N) is 3. The van der Waals surface area contributed by atoms with Crippen molar-refractivity contribution in [1.82, 2.24) is 14.1 Å². The lowest BCUT2D eigenvalue weighted by Crippen LogP contribution is -2.21. The van der Waals surface area contributed by atoms with Crippen LogP contribution in [0, 0.1) is 12.7 Å². The molecule has 0 aliphatic heterocycles. The monoisotopic (exact) mass is 441 g/mol. The van der Waals surface area contributed by atoms with Gasteiger partial charge in [-0.15, -0.1) is 0 Å². The number of carboxylic acid groups (broad SMARTS) is 1. The van der Waals surface area contributed by atoms with Crippen LogP contribution in [-0.4, -0.2) is 25.2 Å². The lowest BCUT2D eigenvalue weighted by atomic mass is 9.98. The number of carboxylic acids is 1. The van der Waals surface area contributed by atoms with Crippen LogP contribution in [0.1, 0.15) is 11.4 Å². The highest BCUT2D eigenvalue weighted by molar-refractivity contribution is 6.06. The summed E-state index contributed by atoms with van der Waals surface area (Å²) < 4.78 is 17.6. The van der Waals surface area contributed by atoms with E-state index < -0.39 is 11.8 Å². The normalized spacial score (nSPS) is 11.3. The molecule has 1 N–H and O–H groups in total. The lowest BCUT2D eigenvalue weighted by Gasteiger charge is -2.13. The van der Waals surface area contributed by atoms with E-state index in [1.807, 2.05) is 37.3 Å². The average Bonchev–Trinajstić information content (AvgIpc) is 3.06. The van der Waals surface area contributed by atoms with Crippen LogP contribution in [0.4, 0.5) is 4.39 Å². The maximum atomic E-state index is 14.3. The SMILES string of the molecule is Cc1c(-c2cn(Cc3ccccn3)c(=O)c3ccccc23)c2cc(F)ccc2n1CC(=O)O. The number of carbonyl (C=O) groups is 1. The Kier molecular flexibility index (Phi) is 5.01. The van der Waals surface area contributed by atoms with Crippen LogP contribution in [0.15, 0.2) is 77.9 Å². The van der Waals surface area contributed by atoms with E-state index in [-0.39, 0.29) is 18.6 Å². The minimum atomic E-state index is -0.990. The van der Waals surface area contributed by atoms with E-state index in [9.17, 15) is 19.1 Å². The molecule has 0 amide bonds. The molecular formula is C26H20FN3O3. The molecule has 5 rings (SSSR count). The molecule has 0 aliphatic rings. The molecule has 0 atom stereocenters. The highest BCUT2D eigenvalue weighted by Gasteiger charge is 2.21. The minimum Gasteiger partial charge on any atom is -0.480 e. The zero-order valence-corrected chi connectivity index (χ0v) is 17.8. The molecule has 0 saturated carbocycles. The van der Waals surface area contributed by atoms with Gasteiger partial charge in [0.05, 0.1) is 12.2 Å². The molecule has 33 heavy (non-hydrogen) atoms. The summed E-state index contributed by atoms with van der Waals surface area (Å²) in [5.74, 6) is -1.40. The van der Waals surface area contributed by atoms with Gasteiger partial charge in [-0.1, -0.05) is 24.3 Å². The van der Waals surface area contributed by atoms with Crippen LogP contribution in [0.3, 0.4) is 0 Å². The van der Waals surface area contributed by atoms with Crippen LogP contribution in [-0.2, 0) is 17.9 Å². The smallest absolute Gasteiger partial charge is 0.323 e. The molecule has 0 spiro atoms. The highest BCUT2D eigenvalue weighted by Crippen LogP contribution is 2.38. The molecule has 7 heteroatoms. The van der Waals surface area contributed by atoms with Gasteiger partial charge in [0, 0.05) is 45.5 Å². The van der Waals surface area contributed by atoms with Gasteiger partial charge in [0.15, 0.2) is 0 Å². The van der Waals surface area contributed by atoms with Crippen molar-refractivity contribution in [1.29, 1.82) is 0 Å². The number of rotatable bonds is 5. The van der Waals surface area contributed by atoms with Crippen LogP contribution in [0.2, 0.25) is 0 Å². The Labute approximate surface area is 188 Å². The molecule has 2 aromatic carbocycles. The van der Waals surface area contributed by atoms with E-state index in [0.29, 0.717) is 27.5 Å². The fourth-order valence-corrected chi connectivity index (χ4v) is 4.46. The maximum absolute atomic E-state index is 14.3. The maximum Gasteiger partial charge on any atom is 0.323 e. The van der Waals surface area contributed by atoms with Crippen molar-refractivity contribution in [3.63, 3.8) is 0 Å². The average molecular weight is 441 g/mol. The molecule has 0 bridgehead atoms. The summed E-state index contributed by atoms with van der Waals surface area (Å²) in [6.45, 7) is 1.84. The Morgan fingerprint density at radius 3 is 2.52 bits per heavy atom. The second kappa shape index (κ2) is 8.02. The third-order valence-corrected chi connectivity index (χ3v) is 5.90. The molecule has 6 nitrogen and oxygen atoms in total. The molecule has 0 aliphatic carbocycles. The van der Waals surface area contributed by atoms with Crippen molar-refractivity contribution in [2.45, 2.75) is 20.0 Å². The molecule has 3 heterocycles. The van der Waals surface area contributed by atoms with Crippen LogP contribution >= 0.6 is 0 Å². The van der Waals surface area contributed by atoms with Crippen LogP contribution in [0.5, 0.6) is 0 Å². The number of hydrogen-bond donors (Lipinski definition) is 1. The van der Waals surface area contributed by atoms with E-state index in [1.165, 1.54) is 12.1 Å². The van der Waals surface area contributed by atoms with E-state index in [4.69, 9.17) is 0 Å². The molecule has 0 fully saturated rings. The van der Waals surface area contributed by atoms with Gasteiger partial charge in [-0.3, -0.25) is 14.6 Å². The summed E-state index contributed by atoms with van der Waals surface area (Å²) in [6, 6.07) is 17.1. The topological polar surface area (TPSA) is 77.1 Å². The first-order valence-electron chi connectivity index (χ1n) is 10.5. The minimum absolute atomic E-state index is 0.155. The van der Waals surface area contributed by atoms with Gasteiger partial charge in [-0.2, -0.15) is 0 Å². The molecule has 0 radical (unpaired) electrons. The summed E-state index contributed by atoms with van der Waals surface area (Å²) in [5, 5.41) is 11.3. The first-order valence-corrected chi connectivity index (χ1v) is 10.5. The van der Waals surface area contributed by atoms with Crippen molar-refractivity contribution in [2.75, 3.05) is 0 Å². The van der Waals surface area contributed by atoms with Gasteiger partial charge >= 0.3 is 5.97 Å². The van der Waals surface area contributed by atoms with Gasteiger partial charge in [0.2, 0.25) is 0 Å². The van der Waals surface area contributed by atoms with Gasteiger partial charge in [-0.05, 0) is 48.7 Å². The molecule has 5 aromatic rings. The van der Waals surface area contributed by atoms with Crippen molar-refractivity contribution in [2.24, 2.45) is 0 Å². The van der Waals surface area contributed by atoms with Gasteiger partial charge in [0.1, 0.15) is 12.4 Å². The first kappa shape index (κ1) is 20.6. The standard InChI is InChI=1S/C26H20FN3O3/c1-16-25(21-12-17(27)9-10-23(21)30(16)15-24(31)32)22-14-29(13-18-6-4-5-11-28-18)26(33)20-8-3-2-7-19(20)22/h2-12,14H,13,15H2,1H3,(H,31,32). The Hall–Kier alpha value is -4.26. The van der Waals surface area contributed by atoms with E-state index in [1.54, 1.807) is 39.7 Å². The summed E-state index contributed by atoms with van der Waals surface area (Å²) >= 11 is 0. The number of fused-ring (bicyclic) bond motifs is 2.